The number of carbonyl (C=O) groups excluding carboxylic acids is 1. The molecule has 0 saturated carbocycles. The van der Waals surface area contributed by atoms with Crippen molar-refractivity contribution < 1.29 is 32.9 Å². The molecule has 0 aromatic heterocycles. The highest BCUT2D eigenvalue weighted by atomic mass is 31.2. The maximum Gasteiger partial charge on any atom is 0.268 e. The van der Waals surface area contributed by atoms with E-state index in [9.17, 15) is 19.4 Å². The Balaban J connectivity index is 4.54. The summed E-state index contributed by atoms with van der Waals surface area (Å²) in [5.41, 5.74) is 0. The van der Waals surface area contributed by atoms with Crippen molar-refractivity contribution in [1.82, 2.24) is 5.32 Å². The summed E-state index contributed by atoms with van der Waals surface area (Å²) in [5, 5.41) is 13.0. The number of quaternary nitrogens is 1. The molecule has 0 aliphatic heterocycles. The van der Waals surface area contributed by atoms with Gasteiger partial charge in [0, 0.05) is 6.42 Å². The van der Waals surface area contributed by atoms with Crippen LogP contribution >= 0.6 is 7.82 Å². The minimum atomic E-state index is -4.52. The Labute approximate surface area is 182 Å². The first-order valence-electron chi connectivity index (χ1n) is 11.1. The summed E-state index contributed by atoms with van der Waals surface area (Å²) >= 11 is 0. The number of hydrogen-bond acceptors (Lipinski definition) is 6. The van der Waals surface area contributed by atoms with E-state index in [1.54, 1.807) is 13.0 Å². The summed E-state index contributed by atoms with van der Waals surface area (Å²) in [6.45, 7) is 3.97. The molecular weight excluding hydrogens is 407 g/mol. The van der Waals surface area contributed by atoms with E-state index in [1.165, 1.54) is 25.7 Å². The van der Waals surface area contributed by atoms with E-state index in [1.807, 2.05) is 27.2 Å². The highest BCUT2D eigenvalue weighted by molar-refractivity contribution is 7.45. The molecule has 2 N–H and O–H groups in total. The monoisotopic (exact) mass is 450 g/mol. The predicted octanol–water partition coefficient (Wildman–Crippen LogP) is 2.76. The van der Waals surface area contributed by atoms with Crippen molar-refractivity contribution in [3.8, 4) is 0 Å². The maximum atomic E-state index is 12.0. The fourth-order valence-electron chi connectivity index (χ4n) is 2.58. The second-order valence-corrected chi connectivity index (χ2v) is 10.0. The van der Waals surface area contributed by atoms with Gasteiger partial charge in [0.05, 0.1) is 39.9 Å². The van der Waals surface area contributed by atoms with E-state index in [0.717, 1.165) is 19.3 Å². The van der Waals surface area contributed by atoms with Crippen LogP contribution in [0.5, 0.6) is 0 Å². The molecule has 0 radical (unpaired) electrons. The Hall–Kier alpha value is -0.760. The van der Waals surface area contributed by atoms with Gasteiger partial charge in [-0.25, -0.2) is 0 Å². The van der Waals surface area contributed by atoms with Crippen LogP contribution in [0.2, 0.25) is 0 Å². The van der Waals surface area contributed by atoms with Crippen molar-refractivity contribution >= 4 is 13.7 Å². The molecule has 0 bridgehead atoms. The first-order valence-corrected chi connectivity index (χ1v) is 12.5. The molecule has 0 rings (SSSR count). The number of allylic oxidation sites excluding steroid dienone is 1. The minimum Gasteiger partial charge on any atom is -0.756 e. The van der Waals surface area contributed by atoms with E-state index in [-0.39, 0.29) is 25.5 Å². The van der Waals surface area contributed by atoms with Crippen LogP contribution in [0.1, 0.15) is 65.2 Å². The Kier molecular flexibility index (Phi) is 15.6. The van der Waals surface area contributed by atoms with Gasteiger partial charge in [0.2, 0.25) is 5.91 Å². The SMILES string of the molecule is CCCCCCCC/C=C/C(O)C(COP(=O)([O-])OCC[N+](C)(C)C)NC(=O)CC. The van der Waals surface area contributed by atoms with Gasteiger partial charge >= 0.3 is 0 Å². The third-order valence-corrected chi connectivity index (χ3v) is 5.53. The average Bonchev–Trinajstić information content (AvgIpc) is 2.65. The first kappa shape index (κ1) is 29.2. The Bertz CT molecular complexity index is 536. The van der Waals surface area contributed by atoms with Crippen molar-refractivity contribution in [3.63, 3.8) is 0 Å². The van der Waals surface area contributed by atoms with E-state index in [2.05, 4.69) is 12.2 Å². The molecule has 3 unspecified atom stereocenters. The van der Waals surface area contributed by atoms with Crippen LogP contribution in [0.25, 0.3) is 0 Å². The topological polar surface area (TPSA) is 108 Å². The lowest BCUT2D eigenvalue weighted by Gasteiger charge is -2.29. The number of hydrogen-bond donors (Lipinski definition) is 2. The third kappa shape index (κ3) is 17.0. The normalized spacial score (nSPS) is 16.4. The molecule has 0 aromatic carbocycles. The lowest BCUT2D eigenvalue weighted by molar-refractivity contribution is -0.870. The Morgan fingerprint density at radius 2 is 1.77 bits per heavy atom. The number of nitrogens with zero attached hydrogens (tertiary/aromatic N) is 1. The van der Waals surface area contributed by atoms with Crippen LogP contribution in [0.15, 0.2) is 12.2 Å². The highest BCUT2D eigenvalue weighted by Gasteiger charge is 2.22. The number of aliphatic hydroxyl groups is 1. The van der Waals surface area contributed by atoms with Crippen LogP contribution in [0.4, 0.5) is 0 Å². The standard InChI is InChI=1S/C21H43N2O6P/c1-6-8-9-10-11-12-13-14-15-20(24)19(22-21(25)7-2)18-29-30(26,27)28-17-16-23(3,4)5/h14-15,19-20,24H,6-13,16-18H2,1-5H3,(H-,22,25,26,27)/b15-14+. The number of aliphatic hydroxyl groups excluding tert-OH is 1. The Morgan fingerprint density at radius 1 is 1.13 bits per heavy atom. The molecule has 3 atom stereocenters. The van der Waals surface area contributed by atoms with Gasteiger partial charge in [-0.2, -0.15) is 0 Å². The minimum absolute atomic E-state index is 0.00300. The number of likely N-dealkylation sites (N-methyl/N-ethyl adjacent to an activating group) is 1. The van der Waals surface area contributed by atoms with Gasteiger partial charge in [-0.3, -0.25) is 9.36 Å². The zero-order chi connectivity index (χ0) is 23.0. The Morgan fingerprint density at radius 3 is 2.37 bits per heavy atom. The summed E-state index contributed by atoms with van der Waals surface area (Å²) in [4.78, 5) is 23.7. The molecule has 0 fully saturated rings. The van der Waals surface area contributed by atoms with Crippen LogP contribution < -0.4 is 10.2 Å². The fraction of sp³-hybridized carbons (Fsp3) is 0.857. The molecule has 0 aliphatic rings. The van der Waals surface area contributed by atoms with Crippen molar-refractivity contribution in [2.75, 3.05) is 40.9 Å². The molecule has 30 heavy (non-hydrogen) atoms. The van der Waals surface area contributed by atoms with E-state index in [4.69, 9.17) is 9.05 Å². The molecular formula is C21H43N2O6P. The fourth-order valence-corrected chi connectivity index (χ4v) is 3.31. The summed E-state index contributed by atoms with van der Waals surface area (Å²) in [7, 11) is 1.24. The second kappa shape index (κ2) is 16.0. The smallest absolute Gasteiger partial charge is 0.268 e. The third-order valence-electron chi connectivity index (χ3n) is 4.56. The molecule has 1 amide bonds. The summed E-state index contributed by atoms with van der Waals surface area (Å²) in [6, 6.07) is -0.873. The number of phosphoric acid groups is 1. The molecule has 0 aromatic rings. The largest absolute Gasteiger partial charge is 0.756 e. The number of carbonyl (C=O) groups is 1. The second-order valence-electron chi connectivity index (χ2n) is 8.59. The van der Waals surface area contributed by atoms with Gasteiger partial charge < -0.3 is 28.8 Å². The summed E-state index contributed by atoms with van der Waals surface area (Å²) in [5.74, 6) is -0.293. The zero-order valence-corrected chi connectivity index (χ0v) is 20.4. The van der Waals surface area contributed by atoms with Gasteiger partial charge in [0.25, 0.3) is 7.82 Å². The molecule has 178 valence electrons. The molecule has 0 saturated heterocycles. The average molecular weight is 451 g/mol. The van der Waals surface area contributed by atoms with Crippen molar-refractivity contribution in [1.29, 1.82) is 0 Å². The van der Waals surface area contributed by atoms with Crippen molar-refractivity contribution in [2.24, 2.45) is 0 Å². The number of rotatable bonds is 18. The van der Waals surface area contributed by atoms with Crippen LogP contribution in [-0.4, -0.2) is 68.5 Å². The van der Waals surface area contributed by atoms with Crippen LogP contribution in [-0.2, 0) is 18.4 Å². The van der Waals surface area contributed by atoms with E-state index < -0.39 is 20.0 Å². The van der Waals surface area contributed by atoms with Crippen molar-refractivity contribution in [2.45, 2.75) is 77.4 Å². The highest BCUT2D eigenvalue weighted by Crippen LogP contribution is 2.38. The summed E-state index contributed by atoms with van der Waals surface area (Å²) < 4.78 is 22.3. The zero-order valence-electron chi connectivity index (χ0n) is 19.5. The lowest BCUT2D eigenvalue weighted by atomic mass is 10.1. The van der Waals surface area contributed by atoms with Crippen LogP contribution in [0, 0.1) is 0 Å². The quantitative estimate of drug-likeness (QED) is 0.144. The van der Waals surface area contributed by atoms with Crippen molar-refractivity contribution in [3.05, 3.63) is 12.2 Å². The first-order chi connectivity index (χ1) is 14.0. The van der Waals surface area contributed by atoms with Crippen LogP contribution in [0.3, 0.4) is 0 Å². The molecule has 9 heteroatoms. The van der Waals surface area contributed by atoms with Gasteiger partial charge in [-0.15, -0.1) is 0 Å². The van der Waals surface area contributed by atoms with E-state index in [0.29, 0.717) is 11.0 Å². The van der Waals surface area contributed by atoms with Gasteiger partial charge in [0.1, 0.15) is 13.2 Å². The number of unbranched alkanes of at least 4 members (excludes halogenated alkanes) is 6. The number of amides is 1. The molecule has 0 aliphatic carbocycles. The van der Waals surface area contributed by atoms with E-state index >= 15 is 0 Å². The lowest BCUT2D eigenvalue weighted by Crippen LogP contribution is -2.45. The van der Waals surface area contributed by atoms with Gasteiger partial charge in [-0.1, -0.05) is 58.1 Å². The number of nitrogens with one attached hydrogen (secondary N) is 1. The number of phosphoric ester groups is 1. The van der Waals surface area contributed by atoms with Gasteiger partial charge in [-0.05, 0) is 12.8 Å². The maximum absolute atomic E-state index is 12.0. The molecule has 0 heterocycles. The molecule has 0 spiro atoms. The summed E-state index contributed by atoms with van der Waals surface area (Å²) in [6.07, 6.45) is 10.6. The molecule has 8 nitrogen and oxygen atoms in total. The predicted molar refractivity (Wildman–Crippen MR) is 118 cm³/mol. The van der Waals surface area contributed by atoms with Gasteiger partial charge in [0.15, 0.2) is 0 Å².